The second-order valence-electron chi connectivity index (χ2n) is 6.67. The molecule has 3 nitrogen and oxygen atoms in total. The lowest BCUT2D eigenvalue weighted by Crippen LogP contribution is -2.57. The van der Waals surface area contributed by atoms with Crippen LogP contribution in [0.3, 0.4) is 0 Å². The molecule has 0 bridgehead atoms. The molecule has 21 heavy (non-hydrogen) atoms. The number of rotatable bonds is 0. The Kier molecular flexibility index (Phi) is 2.62. The van der Waals surface area contributed by atoms with E-state index in [4.69, 9.17) is 0 Å². The Hall–Kier alpha value is -1.90. The molecule has 1 aliphatic carbocycles. The van der Waals surface area contributed by atoms with Gasteiger partial charge in [0.15, 0.2) is 5.78 Å². The molecule has 0 amide bonds. The van der Waals surface area contributed by atoms with Crippen LogP contribution in [0.5, 0.6) is 0 Å². The second kappa shape index (κ2) is 4.30. The summed E-state index contributed by atoms with van der Waals surface area (Å²) in [6.07, 6.45) is 4.57. The zero-order valence-electron chi connectivity index (χ0n) is 12.3. The molecule has 2 heterocycles. The largest absolute Gasteiger partial charge is 0.366 e. The van der Waals surface area contributed by atoms with Gasteiger partial charge in [0.25, 0.3) is 0 Å². The van der Waals surface area contributed by atoms with Crippen molar-refractivity contribution < 1.29 is 9.59 Å². The van der Waals surface area contributed by atoms with Crippen molar-refractivity contribution in [1.82, 2.24) is 4.90 Å². The van der Waals surface area contributed by atoms with E-state index in [-0.39, 0.29) is 17.2 Å². The van der Waals surface area contributed by atoms with Gasteiger partial charge in [-0.25, -0.2) is 0 Å². The van der Waals surface area contributed by atoms with E-state index in [1.807, 2.05) is 25.1 Å². The topological polar surface area (TPSA) is 37.4 Å². The lowest BCUT2D eigenvalue weighted by molar-refractivity contribution is -0.135. The molecular weight excluding hydrogens is 262 g/mol. The Morgan fingerprint density at radius 3 is 2.86 bits per heavy atom. The van der Waals surface area contributed by atoms with Crippen LogP contribution in [-0.2, 0) is 16.0 Å². The molecule has 108 valence electrons. The summed E-state index contributed by atoms with van der Waals surface area (Å²) in [5, 5.41) is 0. The number of ketones is 2. The maximum Gasteiger partial charge on any atom is 0.165 e. The summed E-state index contributed by atoms with van der Waals surface area (Å²) in [6.45, 7) is 2.95. The number of nitrogens with zero attached hydrogens (tertiary/aromatic N) is 1. The standard InChI is InChI=1S/C18H19NO2/c1-18-8-6-13(20)10-16(18)19-9-7-12-4-2-3-5-14(12)15(19)11-17(18)21/h2-5,11,16H,6-10H2,1H3. The zero-order chi connectivity index (χ0) is 14.6. The number of carbonyl (C=O) groups is 2. The van der Waals surface area contributed by atoms with Gasteiger partial charge in [-0.1, -0.05) is 31.2 Å². The minimum absolute atomic E-state index is 0.0413. The van der Waals surface area contributed by atoms with Crippen molar-refractivity contribution in [3.63, 3.8) is 0 Å². The molecule has 2 atom stereocenters. The van der Waals surface area contributed by atoms with Crippen molar-refractivity contribution in [1.29, 1.82) is 0 Å². The van der Waals surface area contributed by atoms with Crippen LogP contribution in [0.25, 0.3) is 5.70 Å². The molecule has 1 aromatic rings. The van der Waals surface area contributed by atoms with Gasteiger partial charge in [0, 0.05) is 42.8 Å². The van der Waals surface area contributed by atoms with Crippen LogP contribution in [0.15, 0.2) is 30.3 Å². The van der Waals surface area contributed by atoms with Crippen LogP contribution in [0.2, 0.25) is 0 Å². The van der Waals surface area contributed by atoms with Crippen LogP contribution in [0.4, 0.5) is 0 Å². The van der Waals surface area contributed by atoms with Crippen molar-refractivity contribution in [2.24, 2.45) is 5.41 Å². The molecule has 1 saturated carbocycles. The summed E-state index contributed by atoms with van der Waals surface area (Å²) >= 11 is 0. The molecule has 2 unspecified atom stereocenters. The highest BCUT2D eigenvalue weighted by atomic mass is 16.1. The van der Waals surface area contributed by atoms with E-state index in [9.17, 15) is 9.59 Å². The number of carbonyl (C=O) groups excluding carboxylic acids is 2. The first-order valence-corrected chi connectivity index (χ1v) is 7.72. The molecule has 0 radical (unpaired) electrons. The van der Waals surface area contributed by atoms with Crippen molar-refractivity contribution in [3.05, 3.63) is 41.5 Å². The molecule has 0 aromatic heterocycles. The maximum absolute atomic E-state index is 12.7. The monoisotopic (exact) mass is 281 g/mol. The van der Waals surface area contributed by atoms with E-state index in [0.717, 1.165) is 24.2 Å². The number of hydrogen-bond donors (Lipinski definition) is 0. The summed E-state index contributed by atoms with van der Waals surface area (Å²) in [5.74, 6) is 0.494. The van der Waals surface area contributed by atoms with Crippen molar-refractivity contribution in [2.45, 2.75) is 38.6 Å². The van der Waals surface area contributed by atoms with Crippen LogP contribution in [0, 0.1) is 5.41 Å². The summed E-state index contributed by atoms with van der Waals surface area (Å²) < 4.78 is 0. The van der Waals surface area contributed by atoms with Gasteiger partial charge >= 0.3 is 0 Å². The Balaban J connectivity index is 1.85. The first-order valence-electron chi connectivity index (χ1n) is 7.72. The summed E-state index contributed by atoms with van der Waals surface area (Å²) in [6, 6.07) is 8.34. The summed E-state index contributed by atoms with van der Waals surface area (Å²) in [7, 11) is 0. The van der Waals surface area contributed by atoms with Gasteiger partial charge in [-0.2, -0.15) is 0 Å². The zero-order valence-corrected chi connectivity index (χ0v) is 12.3. The molecule has 3 aliphatic rings. The molecule has 0 spiro atoms. The average molecular weight is 281 g/mol. The van der Waals surface area contributed by atoms with Crippen molar-refractivity contribution >= 4 is 17.3 Å². The fraction of sp³-hybridized carbons (Fsp3) is 0.444. The molecule has 1 aromatic carbocycles. The first kappa shape index (κ1) is 12.8. The SMILES string of the molecule is CC12CCC(=O)CC1N1CCc3ccccc3C1=CC2=O. The lowest BCUT2D eigenvalue weighted by Gasteiger charge is -2.51. The van der Waals surface area contributed by atoms with Crippen molar-refractivity contribution in [2.75, 3.05) is 6.54 Å². The van der Waals surface area contributed by atoms with Gasteiger partial charge in [-0.05, 0) is 18.4 Å². The summed E-state index contributed by atoms with van der Waals surface area (Å²) in [4.78, 5) is 27.0. The highest BCUT2D eigenvalue weighted by molar-refractivity contribution is 6.04. The number of allylic oxidation sites excluding steroid dienone is 1. The van der Waals surface area contributed by atoms with Crippen LogP contribution in [-0.4, -0.2) is 29.1 Å². The predicted molar refractivity (Wildman–Crippen MR) is 80.6 cm³/mol. The Labute approximate surface area is 124 Å². The molecular formula is C18H19NO2. The van der Waals surface area contributed by atoms with Crippen LogP contribution < -0.4 is 0 Å². The second-order valence-corrected chi connectivity index (χ2v) is 6.67. The van der Waals surface area contributed by atoms with Gasteiger partial charge in [0.2, 0.25) is 0 Å². The summed E-state index contributed by atoms with van der Waals surface area (Å²) in [5.41, 5.74) is 3.11. The Bertz CT molecular complexity index is 676. The van der Waals surface area contributed by atoms with E-state index >= 15 is 0 Å². The number of benzene rings is 1. The maximum atomic E-state index is 12.7. The molecule has 0 N–H and O–H groups in total. The molecule has 4 rings (SSSR count). The molecule has 3 heteroatoms. The Morgan fingerprint density at radius 1 is 1.19 bits per heavy atom. The average Bonchev–Trinajstić information content (AvgIpc) is 2.49. The quantitative estimate of drug-likeness (QED) is 0.733. The van der Waals surface area contributed by atoms with Crippen LogP contribution in [0.1, 0.15) is 37.3 Å². The predicted octanol–water partition coefficient (Wildman–Crippen LogP) is 2.60. The number of Topliss-reactive ketones (excluding diaryl/α,β-unsaturated/α-hetero) is 1. The van der Waals surface area contributed by atoms with E-state index in [0.29, 0.717) is 25.0 Å². The van der Waals surface area contributed by atoms with E-state index < -0.39 is 0 Å². The fourth-order valence-electron chi connectivity index (χ4n) is 4.13. The third kappa shape index (κ3) is 1.73. The minimum Gasteiger partial charge on any atom is -0.366 e. The highest BCUT2D eigenvalue weighted by Gasteiger charge is 2.50. The van der Waals surface area contributed by atoms with Gasteiger partial charge in [0.1, 0.15) is 5.78 Å². The fourth-order valence-corrected chi connectivity index (χ4v) is 4.13. The number of fused-ring (bicyclic) bond motifs is 5. The minimum atomic E-state index is -0.385. The van der Waals surface area contributed by atoms with Gasteiger partial charge in [0.05, 0.1) is 5.41 Å². The van der Waals surface area contributed by atoms with Crippen molar-refractivity contribution in [3.8, 4) is 0 Å². The normalized spacial score (nSPS) is 31.2. The number of hydrogen-bond acceptors (Lipinski definition) is 3. The molecule has 2 aliphatic heterocycles. The Morgan fingerprint density at radius 2 is 2.00 bits per heavy atom. The first-order chi connectivity index (χ1) is 10.1. The van der Waals surface area contributed by atoms with E-state index in [2.05, 4.69) is 17.0 Å². The van der Waals surface area contributed by atoms with E-state index in [1.165, 1.54) is 5.56 Å². The van der Waals surface area contributed by atoms with Crippen LogP contribution >= 0.6 is 0 Å². The van der Waals surface area contributed by atoms with Gasteiger partial charge in [-0.3, -0.25) is 9.59 Å². The van der Waals surface area contributed by atoms with E-state index in [1.54, 1.807) is 0 Å². The van der Waals surface area contributed by atoms with Gasteiger partial charge in [-0.15, -0.1) is 0 Å². The highest BCUT2D eigenvalue weighted by Crippen LogP contribution is 2.47. The third-order valence-corrected chi connectivity index (χ3v) is 5.51. The lowest BCUT2D eigenvalue weighted by atomic mass is 9.65. The van der Waals surface area contributed by atoms with Gasteiger partial charge < -0.3 is 4.90 Å². The third-order valence-electron chi connectivity index (χ3n) is 5.51. The molecule has 1 fully saturated rings. The molecule has 0 saturated heterocycles. The smallest absolute Gasteiger partial charge is 0.165 e.